The maximum Gasteiger partial charge on any atom is 0.351 e. The number of fused-ring (bicyclic) bond motifs is 1. The van der Waals surface area contributed by atoms with Crippen molar-refractivity contribution in [2.75, 3.05) is 0 Å². The summed E-state index contributed by atoms with van der Waals surface area (Å²) in [6, 6.07) is 15.6. The summed E-state index contributed by atoms with van der Waals surface area (Å²) in [5, 5.41) is 0.675. The zero-order valence-corrected chi connectivity index (χ0v) is 11.3. The van der Waals surface area contributed by atoms with Crippen molar-refractivity contribution in [2.45, 2.75) is 6.92 Å². The molecule has 0 aliphatic heterocycles. The Morgan fingerprint density at radius 1 is 1.05 bits per heavy atom. The van der Waals surface area contributed by atoms with Gasteiger partial charge in [-0.3, -0.25) is 0 Å². The lowest BCUT2D eigenvalue weighted by Crippen LogP contribution is -2.19. The quantitative estimate of drug-likeness (QED) is 0.410. The van der Waals surface area contributed by atoms with Gasteiger partial charge in [0.1, 0.15) is 16.9 Å². The van der Waals surface area contributed by atoms with Gasteiger partial charge in [-0.05, 0) is 30.7 Å². The molecule has 4 heteroatoms. The summed E-state index contributed by atoms with van der Waals surface area (Å²) < 4.78 is 10.4. The summed E-state index contributed by atoms with van der Waals surface area (Å²) in [7, 11) is 0. The predicted molar refractivity (Wildman–Crippen MR) is 78.6 cm³/mol. The number of carbonyl (C=O) groups excluding carboxylic acids is 1. The van der Waals surface area contributed by atoms with Crippen LogP contribution in [-0.4, -0.2) is 5.97 Å². The molecule has 0 fully saturated rings. The van der Waals surface area contributed by atoms with Gasteiger partial charge >= 0.3 is 11.6 Å². The highest BCUT2D eigenvalue weighted by molar-refractivity contribution is 5.94. The van der Waals surface area contributed by atoms with Crippen LogP contribution in [0.1, 0.15) is 15.9 Å². The van der Waals surface area contributed by atoms with Crippen LogP contribution >= 0.6 is 0 Å². The molecule has 4 nitrogen and oxygen atoms in total. The Balaban J connectivity index is 2.00. The van der Waals surface area contributed by atoms with Gasteiger partial charge in [0.25, 0.3) is 0 Å². The molecule has 0 amide bonds. The molecule has 0 spiro atoms. The Kier molecular flexibility index (Phi) is 3.28. The third-order valence-corrected chi connectivity index (χ3v) is 3.16. The molecular weight excluding hydrogens is 268 g/mol. The first kappa shape index (κ1) is 13.1. The minimum atomic E-state index is -0.719. The van der Waals surface area contributed by atoms with Crippen LogP contribution in [-0.2, 0) is 0 Å². The van der Waals surface area contributed by atoms with Crippen LogP contribution in [0, 0.1) is 6.92 Å². The summed E-state index contributed by atoms with van der Waals surface area (Å²) >= 11 is 0. The van der Waals surface area contributed by atoms with E-state index < -0.39 is 11.6 Å². The van der Waals surface area contributed by atoms with E-state index in [9.17, 15) is 9.59 Å². The number of rotatable bonds is 2. The zero-order chi connectivity index (χ0) is 14.8. The van der Waals surface area contributed by atoms with E-state index in [1.807, 2.05) is 19.1 Å². The van der Waals surface area contributed by atoms with Crippen LogP contribution in [0.15, 0.2) is 63.8 Å². The Bertz CT molecular complexity index is 877. The van der Waals surface area contributed by atoms with Gasteiger partial charge in [-0.25, -0.2) is 9.59 Å². The number of para-hydroxylation sites is 2. The lowest BCUT2D eigenvalue weighted by atomic mass is 10.2. The van der Waals surface area contributed by atoms with Crippen LogP contribution in [0.5, 0.6) is 5.75 Å². The van der Waals surface area contributed by atoms with E-state index in [-0.39, 0.29) is 5.56 Å². The minimum Gasteiger partial charge on any atom is -0.422 e. The molecule has 0 saturated carbocycles. The third kappa shape index (κ3) is 2.56. The molecule has 0 N–H and O–H groups in total. The highest BCUT2D eigenvalue weighted by atomic mass is 16.5. The molecule has 0 aliphatic carbocycles. The first-order valence-electron chi connectivity index (χ1n) is 6.46. The van der Waals surface area contributed by atoms with Crippen LogP contribution in [0.25, 0.3) is 11.0 Å². The van der Waals surface area contributed by atoms with Crippen LogP contribution in [0.2, 0.25) is 0 Å². The highest BCUT2D eigenvalue weighted by Gasteiger charge is 2.16. The molecule has 0 aliphatic rings. The number of benzene rings is 2. The Hall–Kier alpha value is -2.88. The van der Waals surface area contributed by atoms with Gasteiger partial charge in [-0.2, -0.15) is 0 Å². The van der Waals surface area contributed by atoms with Crippen molar-refractivity contribution >= 4 is 16.9 Å². The normalized spacial score (nSPS) is 10.5. The first-order chi connectivity index (χ1) is 10.1. The van der Waals surface area contributed by atoms with Crippen molar-refractivity contribution in [3.63, 3.8) is 0 Å². The van der Waals surface area contributed by atoms with Gasteiger partial charge in [0, 0.05) is 5.39 Å². The van der Waals surface area contributed by atoms with Gasteiger partial charge in [0.15, 0.2) is 0 Å². The Labute approximate surface area is 120 Å². The van der Waals surface area contributed by atoms with Crippen LogP contribution < -0.4 is 10.4 Å². The number of aryl methyl sites for hydroxylation is 1. The topological polar surface area (TPSA) is 56.5 Å². The molecule has 2 aromatic carbocycles. The summed E-state index contributed by atoms with van der Waals surface area (Å²) in [6.45, 7) is 1.82. The van der Waals surface area contributed by atoms with E-state index in [0.29, 0.717) is 16.7 Å². The van der Waals surface area contributed by atoms with Crippen molar-refractivity contribution in [1.29, 1.82) is 0 Å². The van der Waals surface area contributed by atoms with E-state index in [4.69, 9.17) is 9.15 Å². The molecule has 1 aromatic heterocycles. The van der Waals surface area contributed by atoms with Crippen molar-refractivity contribution in [3.8, 4) is 5.75 Å². The summed E-state index contributed by atoms with van der Waals surface area (Å²) in [5.74, 6) is -0.293. The van der Waals surface area contributed by atoms with E-state index in [1.54, 1.807) is 36.4 Å². The zero-order valence-electron chi connectivity index (χ0n) is 11.3. The highest BCUT2D eigenvalue weighted by Crippen LogP contribution is 2.18. The van der Waals surface area contributed by atoms with E-state index in [0.717, 1.165) is 5.56 Å². The van der Waals surface area contributed by atoms with Crippen molar-refractivity contribution in [1.82, 2.24) is 0 Å². The minimum absolute atomic E-state index is 0.114. The SMILES string of the molecule is Cc1ccccc1OC(=O)c1cc2ccccc2oc1=O. The van der Waals surface area contributed by atoms with E-state index in [1.165, 1.54) is 6.07 Å². The number of hydrogen-bond acceptors (Lipinski definition) is 4. The lowest BCUT2D eigenvalue weighted by Gasteiger charge is -2.06. The van der Waals surface area contributed by atoms with Gasteiger partial charge in [0.05, 0.1) is 0 Å². The molecule has 0 atom stereocenters. The maximum atomic E-state index is 12.1. The molecule has 104 valence electrons. The van der Waals surface area contributed by atoms with Crippen LogP contribution in [0.4, 0.5) is 0 Å². The predicted octanol–water partition coefficient (Wildman–Crippen LogP) is 3.32. The third-order valence-electron chi connectivity index (χ3n) is 3.16. The van der Waals surface area contributed by atoms with Crippen molar-refractivity contribution in [3.05, 3.63) is 76.1 Å². The second-order valence-electron chi connectivity index (χ2n) is 4.64. The lowest BCUT2D eigenvalue weighted by molar-refractivity contribution is 0.0729. The molecule has 1 heterocycles. The average Bonchev–Trinajstić information content (AvgIpc) is 2.49. The molecule has 0 bridgehead atoms. The Morgan fingerprint density at radius 2 is 1.76 bits per heavy atom. The number of carbonyl (C=O) groups is 1. The largest absolute Gasteiger partial charge is 0.422 e. The monoisotopic (exact) mass is 280 g/mol. The molecule has 3 aromatic rings. The first-order valence-corrected chi connectivity index (χ1v) is 6.46. The maximum absolute atomic E-state index is 12.1. The molecule has 3 rings (SSSR count). The van der Waals surface area contributed by atoms with Crippen molar-refractivity contribution < 1.29 is 13.9 Å². The van der Waals surface area contributed by atoms with Gasteiger partial charge < -0.3 is 9.15 Å². The average molecular weight is 280 g/mol. The fourth-order valence-electron chi connectivity index (χ4n) is 2.03. The molecule has 0 saturated heterocycles. The van der Waals surface area contributed by atoms with Crippen molar-refractivity contribution in [2.24, 2.45) is 0 Å². The molecule has 0 radical (unpaired) electrons. The second-order valence-corrected chi connectivity index (χ2v) is 4.64. The number of hydrogen-bond donors (Lipinski definition) is 0. The number of ether oxygens (including phenoxy) is 1. The second kappa shape index (κ2) is 5.25. The molecular formula is C17H12O4. The van der Waals surface area contributed by atoms with E-state index in [2.05, 4.69) is 0 Å². The summed E-state index contributed by atoms with van der Waals surface area (Å²) in [5.41, 5.74) is 0.440. The fourth-order valence-corrected chi connectivity index (χ4v) is 2.03. The fraction of sp³-hybridized carbons (Fsp3) is 0.0588. The standard InChI is InChI=1S/C17H12O4/c1-11-6-2-4-8-14(11)20-16(18)13-10-12-7-3-5-9-15(12)21-17(13)19/h2-10H,1H3. The van der Waals surface area contributed by atoms with E-state index >= 15 is 0 Å². The smallest absolute Gasteiger partial charge is 0.351 e. The van der Waals surface area contributed by atoms with Crippen LogP contribution in [0.3, 0.4) is 0 Å². The van der Waals surface area contributed by atoms with Gasteiger partial charge in [0.2, 0.25) is 0 Å². The van der Waals surface area contributed by atoms with Gasteiger partial charge in [-0.15, -0.1) is 0 Å². The summed E-state index contributed by atoms with van der Waals surface area (Å²) in [4.78, 5) is 24.0. The summed E-state index contributed by atoms with van der Waals surface area (Å²) in [6.07, 6.45) is 0. The molecule has 0 unspecified atom stereocenters. The van der Waals surface area contributed by atoms with Gasteiger partial charge in [-0.1, -0.05) is 36.4 Å². The molecule has 21 heavy (non-hydrogen) atoms. The number of esters is 1. The Morgan fingerprint density at radius 3 is 2.57 bits per heavy atom.